The van der Waals surface area contributed by atoms with Crippen molar-refractivity contribution in [1.82, 2.24) is 0 Å². The highest BCUT2D eigenvalue weighted by molar-refractivity contribution is 6.28. The van der Waals surface area contributed by atoms with E-state index in [4.69, 9.17) is 0 Å². The zero-order chi connectivity index (χ0) is 16.5. The van der Waals surface area contributed by atoms with Crippen molar-refractivity contribution >= 4 is 11.6 Å². The van der Waals surface area contributed by atoms with Gasteiger partial charge in [0.15, 0.2) is 11.6 Å². The SMILES string of the molecule is O=C1c2ccccc2C(=O)c2cc3c(cc21)C#CCCCCC#C3. The zero-order valence-electron chi connectivity index (χ0n) is 13.1. The van der Waals surface area contributed by atoms with Gasteiger partial charge in [-0.2, -0.15) is 0 Å². The van der Waals surface area contributed by atoms with Crippen LogP contribution in [0, 0.1) is 23.7 Å². The van der Waals surface area contributed by atoms with Crippen molar-refractivity contribution in [1.29, 1.82) is 0 Å². The van der Waals surface area contributed by atoms with Gasteiger partial charge in [-0.15, -0.1) is 0 Å². The Bertz CT molecular complexity index is 922. The molecule has 0 N–H and O–H groups in total. The van der Waals surface area contributed by atoms with E-state index in [-0.39, 0.29) is 11.6 Å². The summed E-state index contributed by atoms with van der Waals surface area (Å²) in [5.74, 6) is 12.3. The summed E-state index contributed by atoms with van der Waals surface area (Å²) in [6.07, 6.45) is 3.72. The first kappa shape index (κ1) is 14.5. The highest BCUT2D eigenvalue weighted by Gasteiger charge is 2.30. The monoisotopic (exact) mass is 310 g/mol. The summed E-state index contributed by atoms with van der Waals surface area (Å²) < 4.78 is 0. The molecule has 24 heavy (non-hydrogen) atoms. The van der Waals surface area contributed by atoms with E-state index < -0.39 is 0 Å². The third-order valence-electron chi connectivity index (χ3n) is 4.36. The average Bonchev–Trinajstić information content (AvgIpc) is 2.62. The number of hydrogen-bond acceptors (Lipinski definition) is 2. The Morgan fingerprint density at radius 1 is 0.667 bits per heavy atom. The summed E-state index contributed by atoms with van der Waals surface area (Å²) in [7, 11) is 0. The van der Waals surface area contributed by atoms with Crippen molar-refractivity contribution in [2.45, 2.75) is 25.7 Å². The molecule has 2 heteroatoms. The number of carbonyl (C=O) groups is 2. The first-order valence-electron chi connectivity index (χ1n) is 8.10. The molecule has 114 valence electrons. The van der Waals surface area contributed by atoms with Gasteiger partial charge in [0.05, 0.1) is 0 Å². The van der Waals surface area contributed by atoms with Crippen LogP contribution < -0.4 is 0 Å². The fourth-order valence-corrected chi connectivity index (χ4v) is 3.09. The maximum atomic E-state index is 12.8. The molecule has 0 radical (unpaired) electrons. The minimum Gasteiger partial charge on any atom is -0.289 e. The lowest BCUT2D eigenvalue weighted by atomic mass is 9.82. The van der Waals surface area contributed by atoms with E-state index in [1.54, 1.807) is 36.4 Å². The van der Waals surface area contributed by atoms with Gasteiger partial charge < -0.3 is 0 Å². The second kappa shape index (κ2) is 5.84. The van der Waals surface area contributed by atoms with Crippen molar-refractivity contribution < 1.29 is 9.59 Å². The van der Waals surface area contributed by atoms with Gasteiger partial charge in [-0.25, -0.2) is 0 Å². The molecule has 0 heterocycles. The van der Waals surface area contributed by atoms with E-state index in [1.165, 1.54) is 0 Å². The van der Waals surface area contributed by atoms with Gasteiger partial charge in [0.2, 0.25) is 0 Å². The van der Waals surface area contributed by atoms with Crippen LogP contribution >= 0.6 is 0 Å². The molecule has 2 nitrogen and oxygen atoms in total. The molecule has 0 aliphatic heterocycles. The maximum Gasteiger partial charge on any atom is 0.194 e. The molecule has 0 atom stereocenters. The summed E-state index contributed by atoms with van der Waals surface area (Å²) in [6.45, 7) is 0. The number of benzene rings is 2. The smallest absolute Gasteiger partial charge is 0.194 e. The number of ketones is 2. The number of fused-ring (bicyclic) bond motifs is 3. The fourth-order valence-electron chi connectivity index (χ4n) is 3.09. The normalized spacial score (nSPS) is 15.0. The van der Waals surface area contributed by atoms with E-state index in [0.717, 1.165) is 36.8 Å². The van der Waals surface area contributed by atoms with Gasteiger partial charge in [-0.3, -0.25) is 9.59 Å². The third kappa shape index (κ3) is 2.34. The van der Waals surface area contributed by atoms with Crippen LogP contribution in [0.15, 0.2) is 36.4 Å². The van der Waals surface area contributed by atoms with Gasteiger partial charge >= 0.3 is 0 Å². The minimum absolute atomic E-state index is 0.116. The van der Waals surface area contributed by atoms with Gasteiger partial charge in [0.1, 0.15) is 0 Å². The van der Waals surface area contributed by atoms with Crippen LogP contribution in [0.4, 0.5) is 0 Å². The Balaban J connectivity index is 1.94. The Kier molecular flexibility index (Phi) is 3.52. The Morgan fingerprint density at radius 3 is 1.58 bits per heavy atom. The van der Waals surface area contributed by atoms with Crippen LogP contribution in [0.2, 0.25) is 0 Å². The lowest BCUT2D eigenvalue weighted by Crippen LogP contribution is -2.21. The highest BCUT2D eigenvalue weighted by Crippen LogP contribution is 2.29. The lowest BCUT2D eigenvalue weighted by Gasteiger charge is -2.18. The number of hydrogen-bond donors (Lipinski definition) is 0. The summed E-state index contributed by atoms with van der Waals surface area (Å²) in [5, 5.41) is 0. The van der Waals surface area contributed by atoms with E-state index in [1.807, 2.05) is 0 Å². The van der Waals surface area contributed by atoms with Gasteiger partial charge in [0.25, 0.3) is 0 Å². The molecule has 2 aliphatic rings. The fraction of sp³-hybridized carbons (Fsp3) is 0.182. The quantitative estimate of drug-likeness (QED) is 0.593. The molecule has 4 rings (SSSR count). The van der Waals surface area contributed by atoms with Crippen molar-refractivity contribution in [3.05, 3.63) is 69.8 Å². The molecule has 0 fully saturated rings. The lowest BCUT2D eigenvalue weighted by molar-refractivity contribution is 0.0979. The Hall–Kier alpha value is -3.10. The first-order valence-corrected chi connectivity index (χ1v) is 8.10. The average molecular weight is 310 g/mol. The third-order valence-corrected chi connectivity index (χ3v) is 4.36. The van der Waals surface area contributed by atoms with Crippen LogP contribution in [0.5, 0.6) is 0 Å². The van der Waals surface area contributed by atoms with E-state index in [9.17, 15) is 9.59 Å². The van der Waals surface area contributed by atoms with Gasteiger partial charge in [-0.05, 0) is 25.0 Å². The summed E-state index contributed by atoms with van der Waals surface area (Å²) in [4.78, 5) is 25.6. The van der Waals surface area contributed by atoms with Crippen LogP contribution in [-0.4, -0.2) is 11.6 Å². The maximum absolute atomic E-state index is 12.8. The summed E-state index contributed by atoms with van der Waals surface area (Å²) >= 11 is 0. The molecule has 0 unspecified atom stereocenters. The van der Waals surface area contributed by atoms with Crippen LogP contribution in [0.1, 0.15) is 68.7 Å². The largest absolute Gasteiger partial charge is 0.289 e. The van der Waals surface area contributed by atoms with Gasteiger partial charge in [-0.1, -0.05) is 47.9 Å². The van der Waals surface area contributed by atoms with Crippen molar-refractivity contribution in [2.24, 2.45) is 0 Å². The second-order valence-electron chi connectivity index (χ2n) is 5.96. The molecular weight excluding hydrogens is 296 g/mol. The summed E-state index contributed by atoms with van der Waals surface area (Å²) in [5.41, 5.74) is 3.28. The highest BCUT2D eigenvalue weighted by atomic mass is 16.1. The number of carbonyl (C=O) groups excluding carboxylic acids is 2. The molecule has 0 spiro atoms. The summed E-state index contributed by atoms with van der Waals surface area (Å²) in [6, 6.07) is 10.4. The topological polar surface area (TPSA) is 34.1 Å². The Morgan fingerprint density at radius 2 is 1.12 bits per heavy atom. The number of rotatable bonds is 0. The van der Waals surface area contributed by atoms with E-state index in [0.29, 0.717) is 22.3 Å². The minimum atomic E-state index is -0.116. The zero-order valence-corrected chi connectivity index (χ0v) is 13.1. The van der Waals surface area contributed by atoms with Crippen molar-refractivity contribution in [2.75, 3.05) is 0 Å². The standard InChI is InChI=1S/C22H14O2/c23-21-17-11-7-8-12-18(17)22(24)20-14-16-10-6-4-2-1-3-5-9-15(16)13-19(20)21/h7-8,11-14H,1-4H2. The first-order chi connectivity index (χ1) is 11.8. The molecule has 0 saturated carbocycles. The molecule has 0 bridgehead atoms. The Labute approximate surface area is 140 Å². The molecule has 0 aromatic heterocycles. The second-order valence-corrected chi connectivity index (χ2v) is 5.96. The molecule has 0 saturated heterocycles. The van der Waals surface area contributed by atoms with Crippen LogP contribution in [0.3, 0.4) is 0 Å². The van der Waals surface area contributed by atoms with E-state index in [2.05, 4.69) is 23.7 Å². The van der Waals surface area contributed by atoms with Crippen LogP contribution in [-0.2, 0) is 0 Å². The molecule has 2 aromatic rings. The molecule has 0 amide bonds. The molecule has 2 aliphatic carbocycles. The van der Waals surface area contributed by atoms with Crippen LogP contribution in [0.25, 0.3) is 0 Å². The van der Waals surface area contributed by atoms with Crippen molar-refractivity contribution in [3.63, 3.8) is 0 Å². The molecular formula is C22H14O2. The van der Waals surface area contributed by atoms with Crippen molar-refractivity contribution in [3.8, 4) is 23.7 Å². The predicted molar refractivity (Wildman–Crippen MR) is 92.0 cm³/mol. The van der Waals surface area contributed by atoms with E-state index >= 15 is 0 Å². The van der Waals surface area contributed by atoms with Gasteiger partial charge in [0, 0.05) is 46.2 Å². The molecule has 2 aromatic carbocycles. The predicted octanol–water partition coefficient (Wildman–Crippen LogP) is 3.74.